The largest absolute Gasteiger partial charge is 0.224 e. The van der Waals surface area contributed by atoms with Gasteiger partial charge in [-0.1, -0.05) is 31.5 Å². The minimum atomic E-state index is -3.20. The molecule has 0 unspecified atom stereocenters. The molecule has 0 bridgehead atoms. The van der Waals surface area contributed by atoms with E-state index in [1.807, 2.05) is 32.9 Å². The lowest BCUT2D eigenvalue weighted by Gasteiger charge is -2.25. The van der Waals surface area contributed by atoms with E-state index in [2.05, 4.69) is 13.8 Å². The van der Waals surface area contributed by atoms with Crippen LogP contribution in [0.1, 0.15) is 33.3 Å². The first-order chi connectivity index (χ1) is 8.12. The molecular weight excluding hydrogens is 264 g/mol. The Kier molecular flexibility index (Phi) is 4.90. The topological polar surface area (TPSA) is 34.1 Å². The van der Waals surface area contributed by atoms with Crippen LogP contribution in [-0.2, 0) is 9.84 Å². The number of aryl methyl sites for hydroxylation is 1. The molecule has 0 spiro atoms. The standard InChI is InChI=1S/C14H22O2S2/c1-11(2)17-14(4,5)10-18(15,16)13-8-6-12(3)7-9-13/h6-9,11H,10H2,1-5H3. The Morgan fingerprint density at radius 2 is 1.67 bits per heavy atom. The van der Waals surface area contributed by atoms with E-state index in [4.69, 9.17) is 0 Å². The minimum Gasteiger partial charge on any atom is -0.224 e. The second kappa shape index (κ2) is 5.66. The number of hydrogen-bond donors (Lipinski definition) is 0. The van der Waals surface area contributed by atoms with E-state index < -0.39 is 9.84 Å². The quantitative estimate of drug-likeness (QED) is 0.828. The summed E-state index contributed by atoms with van der Waals surface area (Å²) in [7, 11) is -3.20. The van der Waals surface area contributed by atoms with Gasteiger partial charge in [-0.05, 0) is 38.2 Å². The van der Waals surface area contributed by atoms with Gasteiger partial charge in [0.15, 0.2) is 9.84 Å². The second-order valence-electron chi connectivity index (χ2n) is 5.50. The molecule has 0 aliphatic heterocycles. The van der Waals surface area contributed by atoms with Gasteiger partial charge in [0, 0.05) is 4.75 Å². The third kappa shape index (κ3) is 4.65. The van der Waals surface area contributed by atoms with Crippen LogP contribution in [-0.4, -0.2) is 24.2 Å². The van der Waals surface area contributed by atoms with Crippen molar-refractivity contribution in [1.82, 2.24) is 0 Å². The Morgan fingerprint density at radius 1 is 1.17 bits per heavy atom. The SMILES string of the molecule is Cc1ccc(S(=O)(=O)CC(C)(C)SC(C)C)cc1. The van der Waals surface area contributed by atoms with Gasteiger partial charge >= 0.3 is 0 Å². The first-order valence-corrected chi connectivity index (χ1v) is 8.63. The van der Waals surface area contributed by atoms with Gasteiger partial charge in [-0.2, -0.15) is 11.8 Å². The number of sulfone groups is 1. The van der Waals surface area contributed by atoms with Crippen LogP contribution in [0.15, 0.2) is 29.2 Å². The van der Waals surface area contributed by atoms with Gasteiger partial charge in [-0.25, -0.2) is 8.42 Å². The molecule has 0 heterocycles. The lowest BCUT2D eigenvalue weighted by atomic mass is 10.2. The highest BCUT2D eigenvalue weighted by Crippen LogP contribution is 2.31. The predicted octanol–water partition coefficient (Wildman–Crippen LogP) is 3.69. The molecule has 18 heavy (non-hydrogen) atoms. The number of hydrogen-bond acceptors (Lipinski definition) is 3. The molecule has 0 aliphatic carbocycles. The van der Waals surface area contributed by atoms with Crippen LogP contribution in [0.4, 0.5) is 0 Å². The Hall–Kier alpha value is -0.480. The summed E-state index contributed by atoms with van der Waals surface area (Å²) in [5.74, 6) is 0.173. The van der Waals surface area contributed by atoms with Gasteiger partial charge in [0.1, 0.15) is 0 Å². The van der Waals surface area contributed by atoms with Crippen LogP contribution in [0.25, 0.3) is 0 Å². The van der Waals surface area contributed by atoms with Crippen LogP contribution < -0.4 is 0 Å². The van der Waals surface area contributed by atoms with Gasteiger partial charge in [0.25, 0.3) is 0 Å². The average Bonchev–Trinajstić information content (AvgIpc) is 2.13. The lowest BCUT2D eigenvalue weighted by Crippen LogP contribution is -2.28. The van der Waals surface area contributed by atoms with Crippen molar-refractivity contribution < 1.29 is 8.42 Å². The van der Waals surface area contributed by atoms with Crippen molar-refractivity contribution in [3.05, 3.63) is 29.8 Å². The molecule has 0 N–H and O–H groups in total. The number of rotatable bonds is 5. The fourth-order valence-corrected chi connectivity index (χ4v) is 5.61. The molecule has 1 rings (SSSR count). The van der Waals surface area contributed by atoms with Crippen LogP contribution in [0, 0.1) is 6.92 Å². The maximum Gasteiger partial charge on any atom is 0.179 e. The van der Waals surface area contributed by atoms with Crippen LogP contribution >= 0.6 is 11.8 Å². The fourth-order valence-electron chi connectivity index (χ4n) is 1.96. The summed E-state index contributed by atoms with van der Waals surface area (Å²) in [6, 6.07) is 7.08. The van der Waals surface area contributed by atoms with Crippen LogP contribution in [0.3, 0.4) is 0 Å². The zero-order chi connectivity index (χ0) is 14.0. The summed E-state index contributed by atoms with van der Waals surface area (Å²) < 4.78 is 24.4. The third-order valence-electron chi connectivity index (χ3n) is 2.47. The van der Waals surface area contributed by atoms with E-state index in [0.29, 0.717) is 10.1 Å². The molecule has 4 heteroatoms. The zero-order valence-electron chi connectivity index (χ0n) is 11.7. The highest BCUT2D eigenvalue weighted by molar-refractivity contribution is 8.02. The number of thioether (sulfide) groups is 1. The van der Waals surface area contributed by atoms with E-state index in [0.717, 1.165) is 5.56 Å². The molecule has 0 atom stereocenters. The fraction of sp³-hybridized carbons (Fsp3) is 0.571. The van der Waals surface area contributed by atoms with Crippen LogP contribution in [0.2, 0.25) is 0 Å². The first-order valence-electron chi connectivity index (χ1n) is 6.10. The molecule has 0 saturated heterocycles. The summed E-state index contributed by atoms with van der Waals surface area (Å²) in [5.41, 5.74) is 1.07. The number of benzene rings is 1. The van der Waals surface area contributed by atoms with E-state index in [1.54, 1.807) is 23.9 Å². The van der Waals surface area contributed by atoms with Gasteiger partial charge in [0.2, 0.25) is 0 Å². The highest BCUT2D eigenvalue weighted by atomic mass is 32.2. The second-order valence-corrected chi connectivity index (χ2v) is 9.77. The Bertz CT molecular complexity index is 485. The van der Waals surface area contributed by atoms with E-state index >= 15 is 0 Å². The van der Waals surface area contributed by atoms with Crippen molar-refractivity contribution in [2.75, 3.05) is 5.75 Å². The van der Waals surface area contributed by atoms with Crippen molar-refractivity contribution in [2.24, 2.45) is 0 Å². The van der Waals surface area contributed by atoms with E-state index in [1.165, 1.54) is 0 Å². The average molecular weight is 286 g/mol. The summed E-state index contributed by atoms with van der Waals surface area (Å²) in [6.07, 6.45) is 0. The minimum absolute atomic E-state index is 0.173. The molecule has 0 amide bonds. The molecule has 0 saturated carbocycles. The van der Waals surface area contributed by atoms with Gasteiger partial charge in [-0.3, -0.25) is 0 Å². The molecular formula is C14H22O2S2. The Labute approximate surface area is 115 Å². The summed E-state index contributed by atoms with van der Waals surface area (Å²) in [6.45, 7) is 10.1. The summed E-state index contributed by atoms with van der Waals surface area (Å²) in [5, 5.41) is 0.424. The van der Waals surface area contributed by atoms with Gasteiger partial charge < -0.3 is 0 Å². The molecule has 1 aromatic carbocycles. The molecule has 102 valence electrons. The monoisotopic (exact) mass is 286 g/mol. The van der Waals surface area contributed by atoms with Crippen molar-refractivity contribution in [3.8, 4) is 0 Å². The van der Waals surface area contributed by atoms with E-state index in [9.17, 15) is 8.42 Å². The maximum absolute atomic E-state index is 12.3. The van der Waals surface area contributed by atoms with Gasteiger partial charge in [0.05, 0.1) is 10.6 Å². The zero-order valence-corrected chi connectivity index (χ0v) is 13.4. The first kappa shape index (κ1) is 15.6. The van der Waals surface area contributed by atoms with Crippen LogP contribution in [0.5, 0.6) is 0 Å². The van der Waals surface area contributed by atoms with Crippen molar-refractivity contribution in [3.63, 3.8) is 0 Å². The lowest BCUT2D eigenvalue weighted by molar-refractivity contribution is 0.588. The van der Waals surface area contributed by atoms with Crippen molar-refractivity contribution >= 4 is 21.6 Å². The maximum atomic E-state index is 12.3. The molecule has 0 aromatic heterocycles. The molecule has 0 radical (unpaired) electrons. The molecule has 0 fully saturated rings. The molecule has 2 nitrogen and oxygen atoms in total. The van der Waals surface area contributed by atoms with Crippen molar-refractivity contribution in [1.29, 1.82) is 0 Å². The predicted molar refractivity (Wildman–Crippen MR) is 80.0 cm³/mol. The van der Waals surface area contributed by atoms with Gasteiger partial charge in [-0.15, -0.1) is 0 Å². The third-order valence-corrected chi connectivity index (χ3v) is 6.00. The normalized spacial score (nSPS) is 13.0. The Balaban J connectivity index is 2.91. The highest BCUT2D eigenvalue weighted by Gasteiger charge is 2.28. The summed E-state index contributed by atoms with van der Waals surface area (Å²) in [4.78, 5) is 0.422. The Morgan fingerprint density at radius 3 is 2.11 bits per heavy atom. The smallest absolute Gasteiger partial charge is 0.179 e. The molecule has 1 aromatic rings. The van der Waals surface area contributed by atoms with Crippen molar-refractivity contribution in [2.45, 2.75) is 49.5 Å². The van der Waals surface area contributed by atoms with E-state index in [-0.39, 0.29) is 10.5 Å². The molecule has 0 aliphatic rings. The summed E-state index contributed by atoms with van der Waals surface area (Å²) >= 11 is 1.70.